The molecule has 22 heavy (non-hydrogen) atoms. The lowest BCUT2D eigenvalue weighted by atomic mass is 10.3. The zero-order valence-electron chi connectivity index (χ0n) is 12.5. The number of aromatic nitrogens is 2. The number of thiazole rings is 1. The summed E-state index contributed by atoms with van der Waals surface area (Å²) in [5.74, 6) is -0.139. The van der Waals surface area contributed by atoms with Crippen LogP contribution in [0, 0.1) is 6.92 Å². The second-order valence-electron chi connectivity index (χ2n) is 5.33. The molecule has 0 saturated carbocycles. The number of hydrogen-bond acceptors (Lipinski definition) is 5. The fourth-order valence-corrected chi connectivity index (χ4v) is 3.42. The number of aryl methyl sites for hydroxylation is 4. The fraction of sp³-hybridized carbons (Fsp3) is 0.400. The van der Waals surface area contributed by atoms with Crippen molar-refractivity contribution in [1.29, 1.82) is 0 Å². The Hall–Kier alpha value is -2.15. The third-order valence-electron chi connectivity index (χ3n) is 3.65. The Bertz CT molecular complexity index is 757. The van der Waals surface area contributed by atoms with Gasteiger partial charge in [-0.25, -0.2) is 4.98 Å². The van der Waals surface area contributed by atoms with Crippen molar-refractivity contribution in [1.82, 2.24) is 9.55 Å². The minimum atomic E-state index is -0.310. The monoisotopic (exact) mass is 319 g/mol. The molecule has 1 amide bonds. The molecule has 0 bridgehead atoms. The molecule has 0 aliphatic heterocycles. The fourth-order valence-electron chi connectivity index (χ4n) is 2.35. The summed E-state index contributed by atoms with van der Waals surface area (Å²) in [4.78, 5) is 29.3. The van der Waals surface area contributed by atoms with Crippen molar-refractivity contribution in [3.8, 4) is 5.75 Å². The van der Waals surface area contributed by atoms with E-state index in [0.29, 0.717) is 5.13 Å². The molecule has 6 nitrogen and oxygen atoms in total. The number of fused-ring (bicyclic) bond motifs is 1. The van der Waals surface area contributed by atoms with Gasteiger partial charge in [-0.05, 0) is 26.2 Å². The number of carbonyl (C=O) groups is 1. The van der Waals surface area contributed by atoms with Crippen molar-refractivity contribution in [3.05, 3.63) is 38.8 Å². The molecule has 0 aromatic carbocycles. The highest BCUT2D eigenvalue weighted by Gasteiger charge is 2.18. The number of hydrogen-bond donors (Lipinski definition) is 1. The third kappa shape index (κ3) is 3.04. The Balaban J connectivity index is 1.60. The average Bonchev–Trinajstić information content (AvgIpc) is 3.02. The summed E-state index contributed by atoms with van der Waals surface area (Å²) < 4.78 is 7.09. The predicted molar refractivity (Wildman–Crippen MR) is 84.7 cm³/mol. The van der Waals surface area contributed by atoms with Crippen molar-refractivity contribution in [3.63, 3.8) is 0 Å². The summed E-state index contributed by atoms with van der Waals surface area (Å²) in [5, 5.41) is 3.33. The molecule has 0 spiro atoms. The van der Waals surface area contributed by atoms with E-state index in [2.05, 4.69) is 10.3 Å². The van der Waals surface area contributed by atoms with Gasteiger partial charge in [-0.3, -0.25) is 14.9 Å². The first-order chi connectivity index (χ1) is 10.5. The van der Waals surface area contributed by atoms with E-state index < -0.39 is 0 Å². The maximum Gasteiger partial charge on any atom is 0.264 e. The molecule has 0 radical (unpaired) electrons. The summed E-state index contributed by atoms with van der Waals surface area (Å²) in [6, 6.07) is 1.48. The lowest BCUT2D eigenvalue weighted by Crippen LogP contribution is -2.22. The summed E-state index contributed by atoms with van der Waals surface area (Å²) >= 11 is 1.52. The van der Waals surface area contributed by atoms with Gasteiger partial charge >= 0.3 is 0 Å². The SMILES string of the molecule is Cc1cc(=O)c(OCC(=O)Nc2nc3c(s2)CCC3)cn1C. The Kier molecular flexibility index (Phi) is 3.98. The van der Waals surface area contributed by atoms with Crippen LogP contribution >= 0.6 is 11.3 Å². The largest absolute Gasteiger partial charge is 0.478 e. The van der Waals surface area contributed by atoms with E-state index in [4.69, 9.17) is 4.74 Å². The van der Waals surface area contributed by atoms with Gasteiger partial charge in [0.2, 0.25) is 5.43 Å². The molecule has 116 valence electrons. The molecule has 0 fully saturated rings. The molecule has 1 aliphatic carbocycles. The van der Waals surface area contributed by atoms with Gasteiger partial charge in [-0.15, -0.1) is 11.3 Å². The minimum absolute atomic E-state index is 0.171. The van der Waals surface area contributed by atoms with Crippen LogP contribution in [0.25, 0.3) is 0 Å². The Labute approximate surface area is 131 Å². The highest BCUT2D eigenvalue weighted by atomic mass is 32.1. The van der Waals surface area contributed by atoms with Gasteiger partial charge in [-0.1, -0.05) is 0 Å². The van der Waals surface area contributed by atoms with Crippen LogP contribution in [0.5, 0.6) is 5.75 Å². The number of carbonyl (C=O) groups excluding carboxylic acids is 1. The molecule has 2 heterocycles. The van der Waals surface area contributed by atoms with Crippen LogP contribution in [-0.2, 0) is 24.7 Å². The van der Waals surface area contributed by atoms with Gasteiger partial charge in [0.15, 0.2) is 17.5 Å². The van der Waals surface area contributed by atoms with Gasteiger partial charge in [0.1, 0.15) is 0 Å². The molecule has 3 rings (SSSR count). The van der Waals surface area contributed by atoms with Crippen LogP contribution in [0.4, 0.5) is 5.13 Å². The number of rotatable bonds is 4. The second-order valence-corrected chi connectivity index (χ2v) is 6.42. The predicted octanol–water partition coefficient (Wildman–Crippen LogP) is 1.66. The van der Waals surface area contributed by atoms with Gasteiger partial charge in [-0.2, -0.15) is 0 Å². The van der Waals surface area contributed by atoms with E-state index in [0.717, 1.165) is 30.7 Å². The molecule has 0 unspecified atom stereocenters. The second kappa shape index (κ2) is 5.92. The topological polar surface area (TPSA) is 73.2 Å². The molecule has 0 saturated heterocycles. The van der Waals surface area contributed by atoms with E-state index in [1.165, 1.54) is 22.3 Å². The molecule has 1 N–H and O–H groups in total. The highest BCUT2D eigenvalue weighted by Crippen LogP contribution is 2.30. The average molecular weight is 319 g/mol. The van der Waals surface area contributed by atoms with Gasteiger partial charge in [0.25, 0.3) is 5.91 Å². The third-order valence-corrected chi connectivity index (χ3v) is 4.72. The van der Waals surface area contributed by atoms with E-state index in [1.807, 2.05) is 14.0 Å². The summed E-state index contributed by atoms with van der Waals surface area (Å²) in [6.45, 7) is 1.63. The number of amides is 1. The van der Waals surface area contributed by atoms with E-state index >= 15 is 0 Å². The Morgan fingerprint density at radius 3 is 3.09 bits per heavy atom. The number of nitrogens with one attached hydrogen (secondary N) is 1. The Morgan fingerprint density at radius 2 is 2.32 bits per heavy atom. The van der Waals surface area contributed by atoms with Crippen molar-refractivity contribution >= 4 is 22.4 Å². The first kappa shape index (κ1) is 14.8. The van der Waals surface area contributed by atoms with Crippen molar-refractivity contribution < 1.29 is 9.53 Å². The van der Waals surface area contributed by atoms with Crippen LogP contribution in [0.3, 0.4) is 0 Å². The molecule has 7 heteroatoms. The smallest absolute Gasteiger partial charge is 0.264 e. The number of nitrogens with zero attached hydrogens (tertiary/aromatic N) is 2. The first-order valence-corrected chi connectivity index (χ1v) is 7.93. The zero-order chi connectivity index (χ0) is 15.7. The summed E-state index contributed by atoms with van der Waals surface area (Å²) in [5.41, 5.74) is 1.70. The van der Waals surface area contributed by atoms with Crippen LogP contribution in [0.2, 0.25) is 0 Å². The standard InChI is InChI=1S/C15H17N3O3S/c1-9-6-11(19)12(7-18(9)2)21-8-14(20)17-15-16-10-4-3-5-13(10)22-15/h6-7H,3-5,8H2,1-2H3,(H,16,17,20). The number of anilines is 1. The minimum Gasteiger partial charge on any atom is -0.478 e. The molecule has 2 aromatic rings. The Morgan fingerprint density at radius 1 is 1.50 bits per heavy atom. The molecule has 1 aliphatic rings. The molecule has 2 aromatic heterocycles. The van der Waals surface area contributed by atoms with Crippen molar-refractivity contribution in [2.75, 3.05) is 11.9 Å². The quantitative estimate of drug-likeness (QED) is 0.930. The van der Waals surface area contributed by atoms with E-state index in [1.54, 1.807) is 10.8 Å². The molecular weight excluding hydrogens is 302 g/mol. The maximum absolute atomic E-state index is 11.9. The maximum atomic E-state index is 11.9. The van der Waals surface area contributed by atoms with Crippen LogP contribution in [-0.4, -0.2) is 22.1 Å². The molecule has 0 atom stereocenters. The summed E-state index contributed by atoms with van der Waals surface area (Å²) in [6.07, 6.45) is 4.75. The molecular formula is C15H17N3O3S. The first-order valence-electron chi connectivity index (χ1n) is 7.11. The van der Waals surface area contributed by atoms with Crippen molar-refractivity contribution in [2.24, 2.45) is 7.05 Å². The van der Waals surface area contributed by atoms with Crippen LogP contribution < -0.4 is 15.5 Å². The van der Waals surface area contributed by atoms with Crippen LogP contribution in [0.15, 0.2) is 17.1 Å². The number of pyridine rings is 1. The van der Waals surface area contributed by atoms with E-state index in [-0.39, 0.29) is 23.7 Å². The van der Waals surface area contributed by atoms with Gasteiger partial charge in [0, 0.05) is 29.9 Å². The van der Waals surface area contributed by atoms with Gasteiger partial charge < -0.3 is 9.30 Å². The zero-order valence-corrected chi connectivity index (χ0v) is 13.3. The van der Waals surface area contributed by atoms with Crippen LogP contribution in [0.1, 0.15) is 22.7 Å². The van der Waals surface area contributed by atoms with Gasteiger partial charge in [0.05, 0.1) is 5.69 Å². The van der Waals surface area contributed by atoms with Crippen molar-refractivity contribution in [2.45, 2.75) is 26.2 Å². The summed E-state index contributed by atoms with van der Waals surface area (Å²) in [7, 11) is 1.82. The highest BCUT2D eigenvalue weighted by molar-refractivity contribution is 7.15. The number of ether oxygens (including phenoxy) is 1. The lowest BCUT2D eigenvalue weighted by Gasteiger charge is -2.08. The van der Waals surface area contributed by atoms with E-state index in [9.17, 15) is 9.59 Å². The normalized spacial score (nSPS) is 13.0. The lowest BCUT2D eigenvalue weighted by molar-refractivity contribution is -0.118.